The van der Waals surface area contributed by atoms with Crippen LogP contribution in [0.4, 0.5) is 17.1 Å². The molecule has 0 saturated carbocycles. The molecular formula is C49H32N4O. The average Bonchev–Trinajstić information content (AvgIpc) is 3.63. The van der Waals surface area contributed by atoms with E-state index in [1.807, 2.05) is 72.8 Å². The second-order valence-corrected chi connectivity index (χ2v) is 13.2. The summed E-state index contributed by atoms with van der Waals surface area (Å²) < 4.78 is 6.55. The molecule has 254 valence electrons. The Bertz CT molecular complexity index is 2860. The summed E-state index contributed by atoms with van der Waals surface area (Å²) >= 11 is 0. The topological polar surface area (TPSA) is 55.1 Å². The van der Waals surface area contributed by atoms with Crippen molar-refractivity contribution in [3.05, 3.63) is 194 Å². The number of hydrogen-bond acceptors (Lipinski definition) is 5. The highest BCUT2D eigenvalue weighted by Gasteiger charge is 2.18. The Kier molecular flexibility index (Phi) is 7.73. The summed E-state index contributed by atoms with van der Waals surface area (Å²) in [5.41, 5.74) is 9.87. The van der Waals surface area contributed by atoms with Crippen molar-refractivity contribution in [2.24, 2.45) is 0 Å². The molecule has 0 unspecified atom stereocenters. The van der Waals surface area contributed by atoms with E-state index in [0.717, 1.165) is 66.8 Å². The molecule has 0 N–H and O–H groups in total. The molecule has 0 aliphatic heterocycles. The highest BCUT2D eigenvalue weighted by molar-refractivity contribution is 6.13. The molecule has 2 heterocycles. The Morgan fingerprint density at radius 1 is 0.370 bits per heavy atom. The molecule has 0 fully saturated rings. The van der Waals surface area contributed by atoms with E-state index < -0.39 is 0 Å². The van der Waals surface area contributed by atoms with Gasteiger partial charge in [-0.05, 0) is 65.0 Å². The first-order chi connectivity index (χ1) is 26.8. The second kappa shape index (κ2) is 13.3. The maximum absolute atomic E-state index is 6.55. The molecule has 8 aromatic carbocycles. The van der Waals surface area contributed by atoms with Crippen molar-refractivity contribution in [2.75, 3.05) is 4.90 Å². The minimum atomic E-state index is 0.593. The van der Waals surface area contributed by atoms with Crippen molar-refractivity contribution in [1.29, 1.82) is 0 Å². The van der Waals surface area contributed by atoms with Gasteiger partial charge < -0.3 is 9.32 Å². The Morgan fingerprint density at radius 2 is 0.926 bits per heavy atom. The Labute approximate surface area is 312 Å². The van der Waals surface area contributed by atoms with Gasteiger partial charge in [0.05, 0.1) is 5.69 Å². The molecule has 0 saturated heterocycles. The lowest BCUT2D eigenvalue weighted by atomic mass is 9.98. The van der Waals surface area contributed by atoms with Gasteiger partial charge in [0.15, 0.2) is 17.5 Å². The van der Waals surface area contributed by atoms with Gasteiger partial charge in [-0.15, -0.1) is 0 Å². The smallest absolute Gasteiger partial charge is 0.164 e. The Balaban J connectivity index is 1.06. The fourth-order valence-corrected chi connectivity index (χ4v) is 7.34. The fraction of sp³-hybridized carbons (Fsp3) is 0. The molecular weight excluding hydrogens is 661 g/mol. The first-order valence-corrected chi connectivity index (χ1v) is 18.0. The lowest BCUT2D eigenvalue weighted by molar-refractivity contribution is 0.669. The molecule has 0 aliphatic carbocycles. The number of furan rings is 1. The van der Waals surface area contributed by atoms with E-state index in [1.165, 1.54) is 10.8 Å². The van der Waals surface area contributed by atoms with Gasteiger partial charge >= 0.3 is 0 Å². The number of benzene rings is 8. The molecule has 0 amide bonds. The summed E-state index contributed by atoms with van der Waals surface area (Å²) in [5, 5.41) is 4.52. The molecule has 54 heavy (non-hydrogen) atoms. The lowest BCUT2D eigenvalue weighted by Crippen LogP contribution is -2.10. The van der Waals surface area contributed by atoms with Crippen LogP contribution in [-0.4, -0.2) is 15.0 Å². The van der Waals surface area contributed by atoms with Gasteiger partial charge in [0, 0.05) is 44.2 Å². The molecule has 0 atom stereocenters. The van der Waals surface area contributed by atoms with E-state index in [2.05, 4.69) is 126 Å². The van der Waals surface area contributed by atoms with Crippen LogP contribution >= 0.6 is 0 Å². The zero-order chi connectivity index (χ0) is 35.8. The zero-order valence-electron chi connectivity index (χ0n) is 29.2. The van der Waals surface area contributed by atoms with E-state index in [0.29, 0.717) is 17.5 Å². The summed E-state index contributed by atoms with van der Waals surface area (Å²) in [6, 6.07) is 67.0. The van der Waals surface area contributed by atoms with Gasteiger partial charge in [0.2, 0.25) is 0 Å². The lowest BCUT2D eigenvalue weighted by Gasteiger charge is -2.27. The Morgan fingerprint density at radius 3 is 1.63 bits per heavy atom. The molecule has 2 aromatic heterocycles. The van der Waals surface area contributed by atoms with E-state index in [1.54, 1.807) is 0 Å². The third-order valence-corrected chi connectivity index (χ3v) is 9.91. The third kappa shape index (κ3) is 5.65. The van der Waals surface area contributed by atoms with Crippen LogP contribution in [0.3, 0.4) is 0 Å². The summed E-state index contributed by atoms with van der Waals surface area (Å²) in [4.78, 5) is 17.1. The molecule has 0 spiro atoms. The van der Waals surface area contributed by atoms with Crippen molar-refractivity contribution in [3.63, 3.8) is 0 Å². The van der Waals surface area contributed by atoms with Crippen molar-refractivity contribution in [1.82, 2.24) is 15.0 Å². The van der Waals surface area contributed by atoms with E-state index in [4.69, 9.17) is 19.4 Å². The van der Waals surface area contributed by atoms with Crippen molar-refractivity contribution < 1.29 is 4.42 Å². The van der Waals surface area contributed by atoms with Crippen LogP contribution < -0.4 is 4.90 Å². The third-order valence-electron chi connectivity index (χ3n) is 9.91. The molecule has 0 radical (unpaired) electrons. The average molecular weight is 693 g/mol. The summed E-state index contributed by atoms with van der Waals surface area (Å²) in [5.74, 6) is 1.84. The quantitative estimate of drug-likeness (QED) is 0.166. The number of aromatic nitrogens is 3. The van der Waals surface area contributed by atoms with Gasteiger partial charge in [0.1, 0.15) is 11.2 Å². The molecule has 10 aromatic rings. The maximum Gasteiger partial charge on any atom is 0.164 e. The van der Waals surface area contributed by atoms with Gasteiger partial charge in [-0.2, -0.15) is 0 Å². The van der Waals surface area contributed by atoms with E-state index in [-0.39, 0.29) is 0 Å². The van der Waals surface area contributed by atoms with Crippen LogP contribution in [0.1, 0.15) is 0 Å². The van der Waals surface area contributed by atoms with E-state index in [9.17, 15) is 0 Å². The fourth-order valence-electron chi connectivity index (χ4n) is 7.34. The first-order valence-electron chi connectivity index (χ1n) is 18.0. The van der Waals surface area contributed by atoms with Gasteiger partial charge in [-0.25, -0.2) is 15.0 Å². The minimum absolute atomic E-state index is 0.593. The molecule has 0 aliphatic rings. The molecule has 5 heteroatoms. The van der Waals surface area contributed by atoms with Gasteiger partial charge in [-0.3, -0.25) is 0 Å². The van der Waals surface area contributed by atoms with Crippen LogP contribution in [0.5, 0.6) is 0 Å². The maximum atomic E-state index is 6.55. The zero-order valence-corrected chi connectivity index (χ0v) is 29.2. The molecule has 0 bridgehead atoms. The van der Waals surface area contributed by atoms with Crippen molar-refractivity contribution >= 4 is 49.8 Å². The summed E-state index contributed by atoms with van der Waals surface area (Å²) in [7, 11) is 0. The number of rotatable bonds is 7. The van der Waals surface area contributed by atoms with Crippen molar-refractivity contribution in [3.8, 4) is 45.3 Å². The highest BCUT2D eigenvalue weighted by atomic mass is 16.3. The van der Waals surface area contributed by atoms with E-state index >= 15 is 0 Å². The normalized spacial score (nSPS) is 11.3. The van der Waals surface area contributed by atoms with Crippen LogP contribution in [-0.2, 0) is 0 Å². The number of nitrogens with zero attached hydrogens (tertiary/aromatic N) is 4. The standard InChI is InChI=1S/C49H32N4O/c1-4-15-35(16-5-1)47-50-48(36-17-6-2-7-18-36)52-49(51-47)37-28-31-42-45(32-37)54-44-25-13-23-41(46(42)44)34-26-29-39(30-27-34)53(38-20-8-3-9-21-38)43-24-12-19-33-14-10-11-22-40(33)43/h1-32H. The summed E-state index contributed by atoms with van der Waals surface area (Å²) in [6.07, 6.45) is 0. The second-order valence-electron chi connectivity index (χ2n) is 13.2. The first kappa shape index (κ1) is 31.4. The number of para-hydroxylation sites is 1. The van der Waals surface area contributed by atoms with Crippen LogP contribution in [0.15, 0.2) is 199 Å². The van der Waals surface area contributed by atoms with Crippen LogP contribution in [0.25, 0.3) is 78.0 Å². The minimum Gasteiger partial charge on any atom is -0.456 e. The molecule has 10 rings (SSSR count). The summed E-state index contributed by atoms with van der Waals surface area (Å²) in [6.45, 7) is 0. The SMILES string of the molecule is c1ccc(-c2nc(-c3ccccc3)nc(-c3ccc4c(c3)oc3cccc(-c5ccc(N(c6ccccc6)c6cccc7ccccc67)cc5)c34)n2)cc1. The Hall–Kier alpha value is -7.37. The molecule has 5 nitrogen and oxygen atoms in total. The van der Waals surface area contributed by atoms with Gasteiger partial charge in [0.25, 0.3) is 0 Å². The number of hydrogen-bond donors (Lipinski definition) is 0. The highest BCUT2D eigenvalue weighted by Crippen LogP contribution is 2.42. The van der Waals surface area contributed by atoms with Crippen LogP contribution in [0, 0.1) is 0 Å². The predicted octanol–water partition coefficient (Wildman–Crippen LogP) is 13.1. The van der Waals surface area contributed by atoms with Crippen molar-refractivity contribution in [2.45, 2.75) is 0 Å². The van der Waals surface area contributed by atoms with Gasteiger partial charge in [-0.1, -0.05) is 146 Å². The number of anilines is 3. The monoisotopic (exact) mass is 692 g/mol. The largest absolute Gasteiger partial charge is 0.456 e. The predicted molar refractivity (Wildman–Crippen MR) is 221 cm³/mol. The number of fused-ring (bicyclic) bond motifs is 4. The van der Waals surface area contributed by atoms with Crippen LogP contribution in [0.2, 0.25) is 0 Å².